The molecule has 0 bridgehead atoms. The maximum atomic E-state index is 12.9. The maximum absolute atomic E-state index is 12.9. The van der Waals surface area contributed by atoms with Gasteiger partial charge in [0.05, 0.1) is 18.6 Å². The molecule has 0 radical (unpaired) electrons. The molecular formula is C26H28N6O2S. The van der Waals surface area contributed by atoms with Gasteiger partial charge in [-0.1, -0.05) is 11.8 Å². The summed E-state index contributed by atoms with van der Waals surface area (Å²) < 4.78 is 7.18. The average Bonchev–Trinajstić information content (AvgIpc) is 3.28. The van der Waals surface area contributed by atoms with Gasteiger partial charge in [0, 0.05) is 47.6 Å². The van der Waals surface area contributed by atoms with Crippen LogP contribution in [0.3, 0.4) is 0 Å². The Labute approximate surface area is 208 Å². The molecule has 5 rings (SSSR count). The molecule has 8 nitrogen and oxygen atoms in total. The number of nitrogens with one attached hydrogen (secondary N) is 1. The molecule has 2 aromatic carbocycles. The van der Waals surface area contributed by atoms with Crippen LogP contribution in [-0.2, 0) is 4.79 Å². The molecule has 1 aliphatic rings. The zero-order valence-electron chi connectivity index (χ0n) is 19.9. The molecule has 2 aromatic heterocycles. The normalized spacial score (nSPS) is 13.7. The van der Waals surface area contributed by atoms with Crippen LogP contribution in [0.25, 0.3) is 16.5 Å². The average molecular weight is 489 g/mol. The number of carbonyl (C=O) groups is 1. The van der Waals surface area contributed by atoms with Gasteiger partial charge in [0.25, 0.3) is 0 Å². The summed E-state index contributed by atoms with van der Waals surface area (Å²) in [7, 11) is 1.64. The lowest BCUT2D eigenvalue weighted by Gasteiger charge is -2.30. The van der Waals surface area contributed by atoms with E-state index in [1.54, 1.807) is 7.11 Å². The Morgan fingerprint density at radius 2 is 1.83 bits per heavy atom. The summed E-state index contributed by atoms with van der Waals surface area (Å²) in [6.45, 7) is 4.02. The second-order valence-corrected chi connectivity index (χ2v) is 9.44. The van der Waals surface area contributed by atoms with Crippen LogP contribution in [0, 0.1) is 6.92 Å². The molecule has 1 saturated heterocycles. The fourth-order valence-corrected chi connectivity index (χ4v) is 5.27. The molecule has 4 aromatic rings. The minimum Gasteiger partial charge on any atom is -0.497 e. The number of pyridine rings is 1. The van der Waals surface area contributed by atoms with Crippen LogP contribution in [0.5, 0.6) is 5.75 Å². The minimum absolute atomic E-state index is 0.104. The Morgan fingerprint density at radius 1 is 1.03 bits per heavy atom. The van der Waals surface area contributed by atoms with Gasteiger partial charge in [-0.15, -0.1) is 10.2 Å². The van der Waals surface area contributed by atoms with E-state index in [1.807, 2.05) is 60.3 Å². The second kappa shape index (κ2) is 10.4. The summed E-state index contributed by atoms with van der Waals surface area (Å²) in [6.07, 6.45) is 7.35. The van der Waals surface area contributed by atoms with Crippen LogP contribution in [0.2, 0.25) is 0 Å². The number of benzene rings is 2. The smallest absolute Gasteiger partial charge is 0.234 e. The van der Waals surface area contributed by atoms with E-state index in [1.165, 1.54) is 36.7 Å². The van der Waals surface area contributed by atoms with E-state index in [0.717, 1.165) is 46.8 Å². The van der Waals surface area contributed by atoms with Crippen LogP contribution in [0.4, 0.5) is 11.4 Å². The molecule has 1 amide bonds. The number of piperidine rings is 1. The lowest BCUT2D eigenvalue weighted by Crippen LogP contribution is -2.29. The first-order chi connectivity index (χ1) is 17.1. The highest BCUT2D eigenvalue weighted by Gasteiger charge is 2.17. The maximum Gasteiger partial charge on any atom is 0.234 e. The third kappa shape index (κ3) is 4.95. The van der Waals surface area contributed by atoms with Crippen LogP contribution in [-0.4, -0.2) is 51.6 Å². The predicted molar refractivity (Wildman–Crippen MR) is 140 cm³/mol. The first kappa shape index (κ1) is 23.2. The van der Waals surface area contributed by atoms with Gasteiger partial charge in [0.1, 0.15) is 11.6 Å². The number of rotatable bonds is 7. The summed E-state index contributed by atoms with van der Waals surface area (Å²) in [6, 6.07) is 13.8. The number of ether oxygens (including phenoxy) is 1. The first-order valence-corrected chi connectivity index (χ1v) is 12.7. The molecule has 0 atom stereocenters. The second-order valence-electron chi connectivity index (χ2n) is 8.50. The van der Waals surface area contributed by atoms with Crippen molar-refractivity contribution in [2.45, 2.75) is 31.3 Å². The predicted octanol–water partition coefficient (Wildman–Crippen LogP) is 4.85. The number of amides is 1. The zero-order valence-corrected chi connectivity index (χ0v) is 20.7. The van der Waals surface area contributed by atoms with Crippen molar-refractivity contribution in [2.24, 2.45) is 0 Å². The quantitative estimate of drug-likeness (QED) is 0.372. The summed E-state index contributed by atoms with van der Waals surface area (Å²) >= 11 is 1.35. The summed E-state index contributed by atoms with van der Waals surface area (Å²) in [5.74, 6) is 1.64. The number of nitrogens with zero attached hydrogens (tertiary/aromatic N) is 5. The highest BCUT2D eigenvalue weighted by Crippen LogP contribution is 2.33. The highest BCUT2D eigenvalue weighted by atomic mass is 32.2. The number of methoxy groups -OCH3 is 1. The van der Waals surface area contributed by atoms with E-state index < -0.39 is 0 Å². The van der Waals surface area contributed by atoms with Crippen LogP contribution in [0.15, 0.2) is 60.0 Å². The molecule has 0 unspecified atom stereocenters. The fraction of sp³-hybridized carbons (Fsp3) is 0.308. The van der Waals surface area contributed by atoms with Crippen molar-refractivity contribution in [3.05, 3.63) is 60.7 Å². The summed E-state index contributed by atoms with van der Waals surface area (Å²) in [5.41, 5.74) is 2.89. The van der Waals surface area contributed by atoms with Gasteiger partial charge in [-0.2, -0.15) is 0 Å². The number of aryl methyl sites for hydroxylation is 1. The Balaban J connectivity index is 1.31. The van der Waals surface area contributed by atoms with Gasteiger partial charge in [0.2, 0.25) is 5.91 Å². The number of anilines is 2. The number of aromatic nitrogens is 4. The molecule has 1 fully saturated rings. The Bertz CT molecular complexity index is 1330. The monoisotopic (exact) mass is 488 g/mol. The van der Waals surface area contributed by atoms with Gasteiger partial charge >= 0.3 is 0 Å². The third-order valence-corrected chi connectivity index (χ3v) is 7.15. The molecule has 1 aliphatic heterocycles. The topological polar surface area (TPSA) is 85.2 Å². The van der Waals surface area contributed by atoms with Gasteiger partial charge in [-0.25, -0.2) is 0 Å². The van der Waals surface area contributed by atoms with Crippen molar-refractivity contribution in [2.75, 3.05) is 36.2 Å². The number of hydrogen-bond donors (Lipinski definition) is 1. The molecule has 35 heavy (non-hydrogen) atoms. The summed E-state index contributed by atoms with van der Waals surface area (Å²) in [5, 5.41) is 14.3. The van der Waals surface area contributed by atoms with E-state index in [9.17, 15) is 4.79 Å². The third-order valence-electron chi connectivity index (χ3n) is 6.22. The lowest BCUT2D eigenvalue weighted by molar-refractivity contribution is -0.113. The molecule has 0 saturated carbocycles. The van der Waals surface area contributed by atoms with Gasteiger partial charge in [0.15, 0.2) is 5.16 Å². The van der Waals surface area contributed by atoms with Crippen molar-refractivity contribution in [3.8, 4) is 11.4 Å². The van der Waals surface area contributed by atoms with Crippen LogP contribution < -0.4 is 15.0 Å². The zero-order chi connectivity index (χ0) is 24.2. The number of hydrogen-bond acceptors (Lipinski definition) is 7. The fourth-order valence-electron chi connectivity index (χ4n) is 4.48. The molecule has 0 aliphatic carbocycles. The Kier molecular flexibility index (Phi) is 6.85. The highest BCUT2D eigenvalue weighted by molar-refractivity contribution is 7.99. The van der Waals surface area contributed by atoms with Gasteiger partial charge in [-0.05, 0) is 68.7 Å². The van der Waals surface area contributed by atoms with Crippen molar-refractivity contribution >= 4 is 39.8 Å². The minimum atomic E-state index is -0.104. The van der Waals surface area contributed by atoms with E-state index in [-0.39, 0.29) is 11.7 Å². The van der Waals surface area contributed by atoms with Crippen molar-refractivity contribution in [1.82, 2.24) is 19.7 Å². The Morgan fingerprint density at radius 3 is 2.60 bits per heavy atom. The standard InChI is InChI=1S/C26H28N6O2S/c1-18-29-30-26(32(18)19-6-8-20(34-2)9-7-19)35-17-25(33)28-23-10-11-24(31-14-4-3-5-15-31)21-12-13-27-16-22(21)23/h6-13,16H,3-5,14-15,17H2,1-2H3,(H,28,33). The van der Waals surface area contributed by atoms with E-state index >= 15 is 0 Å². The SMILES string of the molecule is COc1ccc(-n2c(C)nnc2SCC(=O)Nc2ccc(N3CCCCC3)c3ccncc23)cc1. The number of carbonyl (C=O) groups excluding carboxylic acids is 1. The van der Waals surface area contributed by atoms with E-state index in [2.05, 4.69) is 31.5 Å². The van der Waals surface area contributed by atoms with Crippen LogP contribution in [0.1, 0.15) is 25.1 Å². The van der Waals surface area contributed by atoms with Gasteiger partial charge in [-0.3, -0.25) is 14.3 Å². The number of fused-ring (bicyclic) bond motifs is 1. The van der Waals surface area contributed by atoms with Crippen LogP contribution >= 0.6 is 11.8 Å². The molecule has 1 N–H and O–H groups in total. The van der Waals surface area contributed by atoms with E-state index in [4.69, 9.17) is 4.74 Å². The largest absolute Gasteiger partial charge is 0.497 e. The van der Waals surface area contributed by atoms with Gasteiger partial charge < -0.3 is 15.0 Å². The van der Waals surface area contributed by atoms with Crippen molar-refractivity contribution in [3.63, 3.8) is 0 Å². The molecule has 3 heterocycles. The molecule has 180 valence electrons. The molecule has 0 spiro atoms. The lowest BCUT2D eigenvalue weighted by atomic mass is 10.1. The molecule has 9 heteroatoms. The number of thioether (sulfide) groups is 1. The molecular weight excluding hydrogens is 460 g/mol. The first-order valence-electron chi connectivity index (χ1n) is 11.7. The Hall–Kier alpha value is -3.59. The van der Waals surface area contributed by atoms with Crippen molar-refractivity contribution in [1.29, 1.82) is 0 Å². The summed E-state index contributed by atoms with van der Waals surface area (Å²) in [4.78, 5) is 19.7. The van der Waals surface area contributed by atoms with E-state index in [0.29, 0.717) is 5.16 Å². The van der Waals surface area contributed by atoms with Crippen molar-refractivity contribution < 1.29 is 9.53 Å².